The summed E-state index contributed by atoms with van der Waals surface area (Å²) in [6.07, 6.45) is 3.43. The molecule has 0 radical (unpaired) electrons. The van der Waals surface area contributed by atoms with Crippen LogP contribution in [0.25, 0.3) is 0 Å². The average molecular weight is 282 g/mol. The van der Waals surface area contributed by atoms with E-state index in [1.807, 2.05) is 0 Å². The third-order valence-electron chi connectivity index (χ3n) is 2.32. The fraction of sp³-hybridized carbons (Fsp3) is 0.429. The zero-order valence-corrected chi connectivity index (χ0v) is 11.8. The lowest BCUT2D eigenvalue weighted by atomic mass is 10.0. The summed E-state index contributed by atoms with van der Waals surface area (Å²) in [4.78, 5) is 0. The summed E-state index contributed by atoms with van der Waals surface area (Å²) in [6, 6.07) is 8.80. The topological polar surface area (TPSA) is 12.0 Å². The first kappa shape index (κ1) is 13.5. The van der Waals surface area contributed by atoms with E-state index < -0.39 is 0 Å². The highest BCUT2D eigenvalue weighted by Gasteiger charge is 2.07. The quantitative estimate of drug-likeness (QED) is 0.786. The maximum absolute atomic E-state index is 3.55. The van der Waals surface area contributed by atoms with E-state index in [1.54, 1.807) is 0 Å². The summed E-state index contributed by atoms with van der Waals surface area (Å²) in [5.41, 5.74) is 2.65. The molecule has 0 bridgehead atoms. The Morgan fingerprint density at radius 1 is 1.44 bits per heavy atom. The lowest BCUT2D eigenvalue weighted by Crippen LogP contribution is -2.20. The van der Waals surface area contributed by atoms with Crippen molar-refractivity contribution in [2.75, 3.05) is 6.54 Å². The maximum Gasteiger partial charge on any atom is 0.0509 e. The van der Waals surface area contributed by atoms with E-state index in [-0.39, 0.29) is 0 Å². The lowest BCUT2D eigenvalue weighted by Gasteiger charge is -2.16. The monoisotopic (exact) mass is 281 g/mol. The fourth-order valence-corrected chi connectivity index (χ4v) is 2.02. The minimum atomic E-state index is 0.322. The van der Waals surface area contributed by atoms with Crippen molar-refractivity contribution in [3.63, 3.8) is 0 Å². The van der Waals surface area contributed by atoms with Gasteiger partial charge in [-0.2, -0.15) is 0 Å². The summed E-state index contributed by atoms with van der Waals surface area (Å²) in [5, 5.41) is 3.55. The number of rotatable bonds is 5. The Hall–Kier alpha value is -0.600. The first-order valence-electron chi connectivity index (χ1n) is 5.77. The van der Waals surface area contributed by atoms with Crippen molar-refractivity contribution in [2.24, 2.45) is 0 Å². The largest absolute Gasteiger partial charge is 0.307 e. The molecule has 0 amide bonds. The maximum atomic E-state index is 3.55. The highest BCUT2D eigenvalue weighted by atomic mass is 79.9. The summed E-state index contributed by atoms with van der Waals surface area (Å²) in [5.74, 6) is 0. The zero-order valence-electron chi connectivity index (χ0n) is 10.3. The highest BCUT2D eigenvalue weighted by molar-refractivity contribution is 9.10. The van der Waals surface area contributed by atoms with Gasteiger partial charge in [-0.15, -0.1) is 0 Å². The van der Waals surface area contributed by atoms with E-state index in [0.717, 1.165) is 17.4 Å². The highest BCUT2D eigenvalue weighted by Crippen LogP contribution is 2.20. The number of halogens is 1. The predicted molar refractivity (Wildman–Crippen MR) is 74.6 cm³/mol. The molecule has 0 saturated carbocycles. The zero-order chi connectivity index (χ0) is 12.0. The fourth-order valence-electron chi connectivity index (χ4n) is 1.61. The van der Waals surface area contributed by atoms with Crippen molar-refractivity contribution >= 4 is 15.9 Å². The molecule has 0 aliphatic rings. The molecule has 1 aromatic rings. The van der Waals surface area contributed by atoms with Crippen LogP contribution in [0.1, 0.15) is 38.8 Å². The average Bonchev–Trinajstić information content (AvgIpc) is 2.23. The van der Waals surface area contributed by atoms with E-state index in [1.165, 1.54) is 11.1 Å². The van der Waals surface area contributed by atoms with Crippen LogP contribution in [0.5, 0.6) is 0 Å². The molecule has 2 heteroatoms. The minimum absolute atomic E-state index is 0.322. The number of allylic oxidation sites excluding steroid dienone is 1. The van der Waals surface area contributed by atoms with Crippen molar-refractivity contribution in [3.8, 4) is 0 Å². The van der Waals surface area contributed by atoms with Crippen LogP contribution >= 0.6 is 15.9 Å². The number of hydrogen-bond donors (Lipinski definition) is 1. The Bertz CT molecular complexity index is 354. The van der Waals surface area contributed by atoms with E-state index in [4.69, 9.17) is 0 Å². The van der Waals surface area contributed by atoms with E-state index in [2.05, 4.69) is 72.4 Å². The first-order valence-corrected chi connectivity index (χ1v) is 6.56. The molecular formula is C14H20BrN. The van der Waals surface area contributed by atoms with Gasteiger partial charge in [0.2, 0.25) is 0 Å². The number of hydrogen-bond acceptors (Lipinski definition) is 1. The number of nitrogens with one attached hydrogen (secondary N) is 1. The molecule has 0 aromatic heterocycles. The summed E-state index contributed by atoms with van der Waals surface area (Å²) >= 11 is 3.52. The van der Waals surface area contributed by atoms with Gasteiger partial charge in [-0.3, -0.25) is 0 Å². The second-order valence-corrected chi connectivity index (χ2v) is 5.15. The Balaban J connectivity index is 2.87. The molecule has 0 saturated heterocycles. The van der Waals surface area contributed by atoms with Gasteiger partial charge in [-0.1, -0.05) is 46.6 Å². The molecule has 0 heterocycles. The van der Waals surface area contributed by atoms with Crippen LogP contribution in [0.3, 0.4) is 0 Å². The summed E-state index contributed by atoms with van der Waals surface area (Å²) in [6.45, 7) is 7.51. The number of benzene rings is 1. The normalized spacial score (nSPS) is 12.2. The Kier molecular flexibility index (Phi) is 5.78. The molecule has 16 heavy (non-hydrogen) atoms. The van der Waals surface area contributed by atoms with Crippen molar-refractivity contribution in [1.29, 1.82) is 0 Å². The third kappa shape index (κ3) is 4.50. The van der Waals surface area contributed by atoms with Crippen LogP contribution in [0.2, 0.25) is 0 Å². The van der Waals surface area contributed by atoms with Crippen molar-refractivity contribution in [1.82, 2.24) is 5.32 Å². The minimum Gasteiger partial charge on any atom is -0.307 e. The van der Waals surface area contributed by atoms with Gasteiger partial charge in [-0.25, -0.2) is 0 Å². The second kappa shape index (κ2) is 6.87. The van der Waals surface area contributed by atoms with Crippen molar-refractivity contribution < 1.29 is 0 Å². The van der Waals surface area contributed by atoms with Gasteiger partial charge >= 0.3 is 0 Å². The molecule has 0 aliphatic carbocycles. The summed E-state index contributed by atoms with van der Waals surface area (Å²) < 4.78 is 1.13. The summed E-state index contributed by atoms with van der Waals surface area (Å²) in [7, 11) is 0. The van der Waals surface area contributed by atoms with Crippen LogP contribution in [-0.4, -0.2) is 6.54 Å². The van der Waals surface area contributed by atoms with Crippen LogP contribution in [0.15, 0.2) is 40.4 Å². The van der Waals surface area contributed by atoms with Crippen LogP contribution in [0.4, 0.5) is 0 Å². The van der Waals surface area contributed by atoms with Crippen molar-refractivity contribution in [3.05, 3.63) is 46.0 Å². The molecular weight excluding hydrogens is 262 g/mol. The standard InChI is InChI=1S/C14H20BrN/c1-4-8-16-14(9-11(2)3)12-6-5-7-13(15)10-12/h5-7,9-10,14,16H,4,8H2,1-3H3. The van der Waals surface area contributed by atoms with Gasteiger partial charge in [0.1, 0.15) is 0 Å². The first-order chi connectivity index (χ1) is 7.63. The molecule has 0 spiro atoms. The van der Waals surface area contributed by atoms with E-state index >= 15 is 0 Å². The lowest BCUT2D eigenvalue weighted by molar-refractivity contribution is 0.610. The predicted octanol–water partition coefficient (Wildman–Crippen LogP) is 4.46. The van der Waals surface area contributed by atoms with Crippen LogP contribution in [-0.2, 0) is 0 Å². The smallest absolute Gasteiger partial charge is 0.0509 e. The molecule has 1 unspecified atom stereocenters. The van der Waals surface area contributed by atoms with E-state index in [0.29, 0.717) is 6.04 Å². The third-order valence-corrected chi connectivity index (χ3v) is 2.82. The second-order valence-electron chi connectivity index (χ2n) is 4.23. The van der Waals surface area contributed by atoms with Gasteiger partial charge in [0.25, 0.3) is 0 Å². The van der Waals surface area contributed by atoms with Crippen molar-refractivity contribution in [2.45, 2.75) is 33.2 Å². The SMILES string of the molecule is CCCNC(C=C(C)C)c1cccc(Br)c1. The Morgan fingerprint density at radius 2 is 2.19 bits per heavy atom. The molecule has 1 atom stereocenters. The molecule has 88 valence electrons. The van der Waals surface area contributed by atoms with Gasteiger partial charge < -0.3 is 5.32 Å². The molecule has 1 rings (SSSR count). The Labute approximate surface area is 107 Å². The Morgan fingerprint density at radius 3 is 2.75 bits per heavy atom. The van der Waals surface area contributed by atoms with Crippen LogP contribution < -0.4 is 5.32 Å². The molecule has 1 nitrogen and oxygen atoms in total. The van der Waals surface area contributed by atoms with Gasteiger partial charge in [0.15, 0.2) is 0 Å². The van der Waals surface area contributed by atoms with Gasteiger partial charge in [0.05, 0.1) is 6.04 Å². The molecule has 1 N–H and O–H groups in total. The van der Waals surface area contributed by atoms with E-state index in [9.17, 15) is 0 Å². The van der Waals surface area contributed by atoms with Gasteiger partial charge in [0, 0.05) is 4.47 Å². The molecule has 0 aliphatic heterocycles. The van der Waals surface area contributed by atoms with Crippen LogP contribution in [0, 0.1) is 0 Å². The molecule has 0 fully saturated rings. The van der Waals surface area contributed by atoms with Gasteiger partial charge in [-0.05, 0) is 44.5 Å². The molecule has 1 aromatic carbocycles.